The SMILES string of the molecule is C=C(Cc1cc2ccsc2s1)C(N)=O. The zero-order valence-corrected chi connectivity index (χ0v) is 9.08. The second-order valence-corrected chi connectivity index (χ2v) is 5.33. The molecule has 0 spiro atoms. The van der Waals surface area contributed by atoms with E-state index in [2.05, 4.69) is 24.1 Å². The van der Waals surface area contributed by atoms with E-state index in [4.69, 9.17) is 5.73 Å². The summed E-state index contributed by atoms with van der Waals surface area (Å²) in [7, 11) is 0. The van der Waals surface area contributed by atoms with E-state index in [0.29, 0.717) is 12.0 Å². The Morgan fingerprint density at radius 2 is 2.36 bits per heavy atom. The van der Waals surface area contributed by atoms with Crippen molar-refractivity contribution in [2.24, 2.45) is 5.73 Å². The quantitative estimate of drug-likeness (QED) is 0.798. The van der Waals surface area contributed by atoms with E-state index >= 15 is 0 Å². The number of fused-ring (bicyclic) bond motifs is 1. The van der Waals surface area contributed by atoms with Gasteiger partial charge in [-0.2, -0.15) is 0 Å². The molecule has 0 aromatic carbocycles. The van der Waals surface area contributed by atoms with Crippen LogP contribution in [0.2, 0.25) is 0 Å². The number of amides is 1. The Morgan fingerprint density at radius 1 is 1.57 bits per heavy atom. The molecular formula is C10H9NOS2. The Balaban J connectivity index is 2.23. The molecule has 2 nitrogen and oxygen atoms in total. The molecule has 2 rings (SSSR count). The van der Waals surface area contributed by atoms with Crippen molar-refractivity contribution >= 4 is 38.0 Å². The van der Waals surface area contributed by atoms with Gasteiger partial charge < -0.3 is 5.73 Å². The van der Waals surface area contributed by atoms with E-state index in [1.165, 1.54) is 9.40 Å². The minimum Gasteiger partial charge on any atom is -0.366 e. The molecule has 0 atom stereocenters. The number of carbonyl (C=O) groups is 1. The van der Waals surface area contributed by atoms with Gasteiger partial charge in [-0.15, -0.1) is 22.7 Å². The number of rotatable bonds is 3. The first-order valence-electron chi connectivity index (χ1n) is 4.10. The smallest absolute Gasteiger partial charge is 0.244 e. The van der Waals surface area contributed by atoms with Gasteiger partial charge >= 0.3 is 0 Å². The van der Waals surface area contributed by atoms with Crippen molar-refractivity contribution in [2.75, 3.05) is 0 Å². The minimum atomic E-state index is -0.415. The minimum absolute atomic E-state index is 0.415. The van der Waals surface area contributed by atoms with Crippen LogP contribution in [0.15, 0.2) is 29.7 Å². The molecule has 14 heavy (non-hydrogen) atoms. The summed E-state index contributed by atoms with van der Waals surface area (Å²) in [5.74, 6) is -0.415. The Kier molecular flexibility index (Phi) is 2.39. The average Bonchev–Trinajstić information content (AvgIpc) is 2.63. The molecule has 0 aliphatic rings. The van der Waals surface area contributed by atoms with Crippen molar-refractivity contribution in [3.8, 4) is 0 Å². The van der Waals surface area contributed by atoms with E-state index in [1.807, 2.05) is 0 Å². The Hall–Kier alpha value is -1.13. The number of carbonyl (C=O) groups excluding carboxylic acids is 1. The largest absolute Gasteiger partial charge is 0.366 e. The normalized spacial score (nSPS) is 10.6. The Labute approximate surface area is 89.7 Å². The van der Waals surface area contributed by atoms with E-state index < -0.39 is 5.91 Å². The maximum absolute atomic E-state index is 10.8. The first kappa shape index (κ1) is 9.43. The number of nitrogens with two attached hydrogens (primary N) is 1. The van der Waals surface area contributed by atoms with Crippen molar-refractivity contribution in [1.29, 1.82) is 0 Å². The fraction of sp³-hybridized carbons (Fsp3) is 0.100. The van der Waals surface area contributed by atoms with Crippen LogP contribution < -0.4 is 5.73 Å². The predicted octanol–water partition coefficient (Wildman–Crippen LogP) is 2.55. The van der Waals surface area contributed by atoms with Gasteiger partial charge in [-0.05, 0) is 17.5 Å². The highest BCUT2D eigenvalue weighted by Gasteiger charge is 2.07. The highest BCUT2D eigenvalue weighted by atomic mass is 32.2. The molecule has 0 saturated carbocycles. The van der Waals surface area contributed by atoms with Crippen molar-refractivity contribution in [3.63, 3.8) is 0 Å². The summed E-state index contributed by atoms with van der Waals surface area (Å²) in [6, 6.07) is 4.16. The lowest BCUT2D eigenvalue weighted by molar-refractivity contribution is -0.114. The molecule has 2 aromatic rings. The summed E-state index contributed by atoms with van der Waals surface area (Å²) < 4.78 is 1.29. The molecule has 0 unspecified atom stereocenters. The van der Waals surface area contributed by atoms with Gasteiger partial charge in [-0.25, -0.2) is 0 Å². The fourth-order valence-electron chi connectivity index (χ4n) is 1.20. The molecule has 4 heteroatoms. The average molecular weight is 223 g/mol. The third-order valence-corrected chi connectivity index (χ3v) is 4.14. The molecule has 0 aliphatic heterocycles. The van der Waals surface area contributed by atoms with Crippen LogP contribution in [0.3, 0.4) is 0 Å². The summed E-state index contributed by atoms with van der Waals surface area (Å²) in [6.45, 7) is 3.64. The lowest BCUT2D eigenvalue weighted by Gasteiger charge is -1.96. The monoisotopic (exact) mass is 223 g/mol. The highest BCUT2D eigenvalue weighted by Crippen LogP contribution is 2.31. The van der Waals surface area contributed by atoms with Gasteiger partial charge in [0, 0.05) is 22.3 Å². The van der Waals surface area contributed by atoms with Crippen LogP contribution >= 0.6 is 22.7 Å². The summed E-state index contributed by atoms with van der Waals surface area (Å²) in [4.78, 5) is 11.9. The van der Waals surface area contributed by atoms with Crippen molar-refractivity contribution in [1.82, 2.24) is 0 Å². The van der Waals surface area contributed by atoms with Crippen LogP contribution in [0.5, 0.6) is 0 Å². The molecule has 0 fully saturated rings. The van der Waals surface area contributed by atoms with Gasteiger partial charge in [-0.3, -0.25) is 4.79 Å². The summed E-state index contributed by atoms with van der Waals surface area (Å²) >= 11 is 3.42. The van der Waals surface area contributed by atoms with Gasteiger partial charge in [0.2, 0.25) is 5.91 Å². The molecule has 1 amide bonds. The summed E-state index contributed by atoms with van der Waals surface area (Å²) in [5.41, 5.74) is 5.59. The molecule has 72 valence electrons. The van der Waals surface area contributed by atoms with Crippen LogP contribution in [0.4, 0.5) is 0 Å². The molecule has 0 radical (unpaired) electrons. The second kappa shape index (κ2) is 3.55. The maximum atomic E-state index is 10.8. The standard InChI is InChI=1S/C10H9NOS2/c1-6(9(11)12)4-8-5-7-2-3-13-10(7)14-8/h2-3,5H,1,4H2,(H2,11,12). The van der Waals surface area contributed by atoms with E-state index in [9.17, 15) is 4.79 Å². The number of hydrogen-bond donors (Lipinski definition) is 1. The third kappa shape index (κ3) is 1.71. The molecule has 2 aromatic heterocycles. The molecule has 0 saturated heterocycles. The van der Waals surface area contributed by atoms with E-state index in [0.717, 1.165) is 4.88 Å². The maximum Gasteiger partial charge on any atom is 0.244 e. The number of thiophene rings is 2. The van der Waals surface area contributed by atoms with Crippen molar-refractivity contribution < 1.29 is 4.79 Å². The zero-order valence-electron chi connectivity index (χ0n) is 7.45. The number of hydrogen-bond acceptors (Lipinski definition) is 3. The lowest BCUT2D eigenvalue weighted by atomic mass is 10.2. The van der Waals surface area contributed by atoms with Crippen molar-refractivity contribution in [2.45, 2.75) is 6.42 Å². The first-order chi connectivity index (χ1) is 6.66. The van der Waals surface area contributed by atoms with Crippen molar-refractivity contribution in [3.05, 3.63) is 34.5 Å². The van der Waals surface area contributed by atoms with Crippen LogP contribution in [-0.4, -0.2) is 5.91 Å². The van der Waals surface area contributed by atoms with Crippen LogP contribution in [-0.2, 0) is 11.2 Å². The molecular weight excluding hydrogens is 214 g/mol. The Morgan fingerprint density at radius 3 is 3.00 bits per heavy atom. The highest BCUT2D eigenvalue weighted by molar-refractivity contribution is 7.37. The second-order valence-electron chi connectivity index (χ2n) is 3.02. The lowest BCUT2D eigenvalue weighted by Crippen LogP contribution is -2.14. The van der Waals surface area contributed by atoms with Gasteiger partial charge in [-0.1, -0.05) is 6.58 Å². The van der Waals surface area contributed by atoms with Gasteiger partial charge in [0.25, 0.3) is 0 Å². The van der Waals surface area contributed by atoms with Gasteiger partial charge in [0.05, 0.1) is 4.01 Å². The summed E-state index contributed by atoms with van der Waals surface area (Å²) in [6.07, 6.45) is 0.571. The predicted molar refractivity (Wildman–Crippen MR) is 61.7 cm³/mol. The third-order valence-electron chi connectivity index (χ3n) is 1.93. The zero-order chi connectivity index (χ0) is 10.1. The van der Waals surface area contributed by atoms with Crippen LogP contribution in [0.1, 0.15) is 4.88 Å². The summed E-state index contributed by atoms with van der Waals surface area (Å²) in [5, 5.41) is 3.31. The number of primary amides is 1. The van der Waals surface area contributed by atoms with Gasteiger partial charge in [0.1, 0.15) is 0 Å². The molecule has 2 heterocycles. The van der Waals surface area contributed by atoms with E-state index in [1.54, 1.807) is 22.7 Å². The molecule has 0 bridgehead atoms. The first-order valence-corrected chi connectivity index (χ1v) is 5.80. The van der Waals surface area contributed by atoms with E-state index in [-0.39, 0.29) is 0 Å². The Bertz CT molecular complexity index is 466. The van der Waals surface area contributed by atoms with Crippen LogP contribution in [0.25, 0.3) is 9.40 Å². The van der Waals surface area contributed by atoms with Gasteiger partial charge in [0.15, 0.2) is 0 Å². The molecule has 0 aliphatic carbocycles. The van der Waals surface area contributed by atoms with Crippen LogP contribution in [0, 0.1) is 0 Å². The molecule has 2 N–H and O–H groups in total. The fourth-order valence-corrected chi connectivity index (χ4v) is 3.40. The topological polar surface area (TPSA) is 43.1 Å².